The van der Waals surface area contributed by atoms with Crippen LogP contribution in [0.1, 0.15) is 68.7 Å². The third kappa shape index (κ3) is 8.67. The topological polar surface area (TPSA) is 6.48 Å². The summed E-state index contributed by atoms with van der Waals surface area (Å²) < 4.78 is 40.8. The highest BCUT2D eigenvalue weighted by atomic mass is 28.3. The number of hydrogen-bond acceptors (Lipinski definition) is 2. The van der Waals surface area contributed by atoms with Crippen LogP contribution >= 0.6 is 0 Å². The third-order valence-electron chi connectivity index (χ3n) is 12.8. The lowest BCUT2D eigenvalue weighted by atomic mass is 9.84. The molecule has 0 radical (unpaired) electrons. The van der Waals surface area contributed by atoms with E-state index in [1.54, 1.807) is 12.1 Å². The second-order valence-electron chi connectivity index (χ2n) is 20.1. The van der Waals surface area contributed by atoms with Gasteiger partial charge < -0.3 is 9.80 Å². The summed E-state index contributed by atoms with van der Waals surface area (Å²) in [7, 11) is -3.16. The lowest BCUT2D eigenvalue weighted by molar-refractivity contribution is -0.127. The standard InChI is InChI=1S/C56H61F3N2Si2/c1-12-38-13-17-40(18-14-38)60(42-21-25-44(26-22-42)62(6,7)8)52-33-50(36(2)3)46-30-32-49-53(34-51(37(4)5)47-29-31-48(52)54(46)55(47)49)61(43-23-27-45(28-24-43)63(9,10)11)41-19-15-39(16-20-41)35-56(57,58)59/h13-34,36-37H,12,35H2,1-11H3. The van der Waals surface area contributed by atoms with E-state index < -0.39 is 28.7 Å². The lowest BCUT2D eigenvalue weighted by Gasteiger charge is -2.32. The molecular formula is C56H61F3N2Si2. The second kappa shape index (κ2) is 16.6. The Morgan fingerprint density at radius 1 is 0.444 bits per heavy atom. The minimum absolute atomic E-state index is 0.195. The van der Waals surface area contributed by atoms with Gasteiger partial charge in [-0.1, -0.05) is 157 Å². The Morgan fingerprint density at radius 2 is 0.762 bits per heavy atom. The van der Waals surface area contributed by atoms with E-state index in [2.05, 4.69) is 193 Å². The average Bonchev–Trinajstić information content (AvgIpc) is 3.23. The zero-order chi connectivity index (χ0) is 45.2. The Hall–Kier alpha value is -5.38. The van der Waals surface area contributed by atoms with Gasteiger partial charge in [0.25, 0.3) is 0 Å². The highest BCUT2D eigenvalue weighted by Gasteiger charge is 2.29. The Bertz CT molecular complexity index is 2880. The molecular weight excluding hydrogens is 814 g/mol. The maximum Gasteiger partial charge on any atom is 0.393 e. The van der Waals surface area contributed by atoms with Crippen LogP contribution in [-0.2, 0) is 12.8 Å². The molecule has 0 N–H and O–H groups in total. The molecule has 0 aliphatic rings. The van der Waals surface area contributed by atoms with E-state index in [9.17, 15) is 13.2 Å². The minimum atomic E-state index is -4.29. The summed E-state index contributed by atoms with van der Waals surface area (Å²) in [6, 6.07) is 48.1. The molecule has 8 rings (SSSR count). The summed E-state index contributed by atoms with van der Waals surface area (Å²) in [6.45, 7) is 25.5. The first-order valence-corrected chi connectivity index (χ1v) is 29.6. The van der Waals surface area contributed by atoms with Gasteiger partial charge in [0.2, 0.25) is 0 Å². The number of rotatable bonds is 12. The molecule has 7 heteroatoms. The molecule has 324 valence electrons. The van der Waals surface area contributed by atoms with Crippen molar-refractivity contribution in [3.63, 3.8) is 0 Å². The first kappa shape index (κ1) is 44.2. The van der Waals surface area contributed by atoms with E-state index in [-0.39, 0.29) is 17.4 Å². The molecule has 0 aliphatic carbocycles. The van der Waals surface area contributed by atoms with Gasteiger partial charge in [0.05, 0.1) is 33.9 Å². The van der Waals surface area contributed by atoms with Crippen molar-refractivity contribution in [2.45, 2.75) is 105 Å². The number of anilines is 6. The van der Waals surface area contributed by atoms with E-state index in [0.717, 1.165) is 45.9 Å². The van der Waals surface area contributed by atoms with Gasteiger partial charge in [-0.05, 0) is 123 Å². The quantitative estimate of drug-likeness (QED) is 0.0891. The number of benzene rings is 8. The van der Waals surface area contributed by atoms with E-state index in [4.69, 9.17) is 0 Å². The maximum absolute atomic E-state index is 13.6. The minimum Gasteiger partial charge on any atom is -0.310 e. The van der Waals surface area contributed by atoms with Crippen molar-refractivity contribution in [2.75, 3.05) is 9.80 Å². The normalized spacial score (nSPS) is 12.7. The van der Waals surface area contributed by atoms with Gasteiger partial charge >= 0.3 is 6.18 Å². The zero-order valence-electron chi connectivity index (χ0n) is 38.8. The van der Waals surface area contributed by atoms with Crippen LogP contribution in [0.5, 0.6) is 0 Å². The van der Waals surface area contributed by atoms with E-state index in [0.29, 0.717) is 0 Å². The van der Waals surface area contributed by atoms with Gasteiger partial charge in [0, 0.05) is 33.5 Å². The molecule has 2 nitrogen and oxygen atoms in total. The molecule has 0 spiro atoms. The fourth-order valence-corrected chi connectivity index (χ4v) is 11.6. The number of halogens is 3. The Balaban J connectivity index is 1.45. The van der Waals surface area contributed by atoms with Gasteiger partial charge in [-0.3, -0.25) is 0 Å². The largest absolute Gasteiger partial charge is 0.393 e. The van der Waals surface area contributed by atoms with Crippen molar-refractivity contribution in [3.8, 4) is 0 Å². The Labute approximate surface area is 374 Å². The molecule has 0 aliphatic heterocycles. The fraction of sp³-hybridized carbons (Fsp3) is 0.286. The van der Waals surface area contributed by atoms with Gasteiger partial charge in [-0.25, -0.2) is 0 Å². The van der Waals surface area contributed by atoms with E-state index in [1.165, 1.54) is 54.0 Å². The molecule has 8 aromatic carbocycles. The first-order valence-electron chi connectivity index (χ1n) is 22.6. The summed E-state index contributed by atoms with van der Waals surface area (Å²) in [6.07, 6.45) is -4.28. The number of alkyl halides is 3. The zero-order valence-corrected chi connectivity index (χ0v) is 40.8. The molecule has 0 saturated heterocycles. The number of aryl methyl sites for hydroxylation is 1. The highest BCUT2D eigenvalue weighted by Crippen LogP contribution is 2.51. The predicted octanol–water partition coefficient (Wildman–Crippen LogP) is 16.5. The molecule has 63 heavy (non-hydrogen) atoms. The first-order chi connectivity index (χ1) is 29.7. The highest BCUT2D eigenvalue weighted by molar-refractivity contribution is 6.89. The van der Waals surface area contributed by atoms with Crippen LogP contribution in [0.3, 0.4) is 0 Å². The van der Waals surface area contributed by atoms with Crippen LogP contribution in [0.15, 0.2) is 133 Å². The fourth-order valence-electron chi connectivity index (χ4n) is 9.29. The van der Waals surface area contributed by atoms with Crippen molar-refractivity contribution < 1.29 is 13.2 Å². The van der Waals surface area contributed by atoms with Crippen LogP contribution in [0.2, 0.25) is 39.3 Å². The Morgan fingerprint density at radius 3 is 1.06 bits per heavy atom. The van der Waals surface area contributed by atoms with Crippen LogP contribution in [0, 0.1) is 0 Å². The molecule has 0 aromatic heterocycles. The maximum atomic E-state index is 13.6. The second-order valence-corrected chi connectivity index (χ2v) is 30.2. The summed E-state index contributed by atoms with van der Waals surface area (Å²) >= 11 is 0. The SMILES string of the molecule is CCc1ccc(N(c2ccc([Si](C)(C)C)cc2)c2cc(C(C)C)c3ccc4c(N(c5ccc(CC(F)(F)F)cc5)c5ccc([Si](C)(C)C)cc5)cc(C(C)C)c5ccc2c3c54)cc1. The van der Waals surface area contributed by atoms with Gasteiger partial charge in [0.1, 0.15) is 0 Å². The molecule has 0 bridgehead atoms. The van der Waals surface area contributed by atoms with Crippen molar-refractivity contribution in [2.24, 2.45) is 0 Å². The van der Waals surface area contributed by atoms with Crippen molar-refractivity contribution in [3.05, 3.63) is 156 Å². The lowest BCUT2D eigenvalue weighted by Crippen LogP contribution is -2.37. The van der Waals surface area contributed by atoms with Crippen LogP contribution < -0.4 is 20.2 Å². The third-order valence-corrected chi connectivity index (χ3v) is 17.0. The number of nitrogens with zero attached hydrogens (tertiary/aromatic N) is 2. The molecule has 0 fully saturated rings. The van der Waals surface area contributed by atoms with Gasteiger partial charge in [-0.2, -0.15) is 13.2 Å². The van der Waals surface area contributed by atoms with Crippen LogP contribution in [0.4, 0.5) is 47.3 Å². The molecule has 0 atom stereocenters. The molecule has 0 amide bonds. The van der Waals surface area contributed by atoms with Gasteiger partial charge in [0.15, 0.2) is 0 Å². The smallest absolute Gasteiger partial charge is 0.310 e. The average molecular weight is 875 g/mol. The molecule has 0 heterocycles. The van der Waals surface area contributed by atoms with E-state index >= 15 is 0 Å². The summed E-state index contributed by atoms with van der Waals surface area (Å²) in [5.41, 5.74) is 10.2. The van der Waals surface area contributed by atoms with Crippen molar-refractivity contribution in [1.29, 1.82) is 0 Å². The van der Waals surface area contributed by atoms with Crippen molar-refractivity contribution >= 4 is 93.0 Å². The summed E-state index contributed by atoms with van der Waals surface area (Å²) in [4.78, 5) is 4.71. The summed E-state index contributed by atoms with van der Waals surface area (Å²) in [5.74, 6) is 0.439. The van der Waals surface area contributed by atoms with Gasteiger partial charge in [-0.15, -0.1) is 0 Å². The Kier molecular flexibility index (Phi) is 11.7. The predicted molar refractivity (Wildman–Crippen MR) is 273 cm³/mol. The monoisotopic (exact) mass is 874 g/mol. The number of hydrogen-bond donors (Lipinski definition) is 0. The molecule has 0 saturated carbocycles. The summed E-state index contributed by atoms with van der Waals surface area (Å²) in [5, 5.41) is 9.97. The molecule has 8 aromatic rings. The van der Waals surface area contributed by atoms with Crippen LogP contribution in [-0.4, -0.2) is 22.3 Å². The molecule has 0 unspecified atom stereocenters. The van der Waals surface area contributed by atoms with E-state index in [1.807, 2.05) is 12.1 Å². The van der Waals surface area contributed by atoms with Crippen LogP contribution in [0.25, 0.3) is 32.3 Å². The van der Waals surface area contributed by atoms with Crippen molar-refractivity contribution in [1.82, 2.24) is 0 Å².